The van der Waals surface area contributed by atoms with Crippen LogP contribution < -0.4 is 10.2 Å². The fourth-order valence-corrected chi connectivity index (χ4v) is 2.54. The second kappa shape index (κ2) is 5.13. The summed E-state index contributed by atoms with van der Waals surface area (Å²) in [7, 11) is 1.88. The zero-order chi connectivity index (χ0) is 14.1. The lowest BCUT2D eigenvalue weighted by Gasteiger charge is -2.29. The van der Waals surface area contributed by atoms with Crippen molar-refractivity contribution in [3.8, 4) is 5.75 Å². The van der Waals surface area contributed by atoms with E-state index < -0.39 is 0 Å². The van der Waals surface area contributed by atoms with Gasteiger partial charge in [-0.25, -0.2) is 0 Å². The molecule has 0 radical (unpaired) electrons. The molecule has 0 amide bonds. The molecular weight excluding hydrogens is 254 g/mol. The number of phenols is 1. The van der Waals surface area contributed by atoms with Crippen LogP contribution in [0.15, 0.2) is 24.5 Å². The first-order valence-corrected chi connectivity index (χ1v) is 6.81. The molecule has 2 N–H and O–H groups in total. The predicted octanol–water partition coefficient (Wildman–Crippen LogP) is 1.28. The number of fused-ring (bicyclic) bond motifs is 1. The van der Waals surface area contributed by atoms with Crippen LogP contribution in [0.1, 0.15) is 24.4 Å². The van der Waals surface area contributed by atoms with Gasteiger partial charge in [0.05, 0.1) is 6.54 Å². The topological polar surface area (TPSA) is 66.2 Å². The lowest BCUT2D eigenvalue weighted by Crippen LogP contribution is -2.33. The van der Waals surface area contributed by atoms with Crippen LogP contribution in [0.5, 0.6) is 5.75 Å². The molecule has 2 heterocycles. The Bertz CT molecular complexity index is 609. The standard InChI is InChI=1S/C14H19N5O/c1-10(15-2)12-4-3-11(7-13(12)20)18-5-6-19-9-16-17-14(19)8-18/h3-4,7,9-10,15,20H,5-6,8H2,1-2H3. The van der Waals surface area contributed by atoms with E-state index in [1.165, 1.54) is 0 Å². The van der Waals surface area contributed by atoms with Crippen molar-refractivity contribution in [3.63, 3.8) is 0 Å². The molecule has 3 rings (SSSR count). The van der Waals surface area contributed by atoms with Crippen LogP contribution in [0.3, 0.4) is 0 Å². The van der Waals surface area contributed by atoms with E-state index in [1.54, 1.807) is 6.33 Å². The summed E-state index contributed by atoms with van der Waals surface area (Å²) in [5.74, 6) is 1.29. The number of hydrogen-bond donors (Lipinski definition) is 2. The van der Waals surface area contributed by atoms with Gasteiger partial charge >= 0.3 is 0 Å². The van der Waals surface area contributed by atoms with Crippen LogP contribution in [0.4, 0.5) is 5.69 Å². The van der Waals surface area contributed by atoms with Crippen molar-refractivity contribution < 1.29 is 5.11 Å². The van der Waals surface area contributed by atoms with Gasteiger partial charge in [0.15, 0.2) is 5.82 Å². The fraction of sp³-hybridized carbons (Fsp3) is 0.429. The molecule has 20 heavy (non-hydrogen) atoms. The summed E-state index contributed by atoms with van der Waals surface area (Å²) in [4.78, 5) is 2.21. The first-order valence-electron chi connectivity index (χ1n) is 6.81. The van der Waals surface area contributed by atoms with E-state index in [-0.39, 0.29) is 6.04 Å². The first-order chi connectivity index (χ1) is 9.69. The molecule has 1 aliphatic rings. The van der Waals surface area contributed by atoms with E-state index >= 15 is 0 Å². The van der Waals surface area contributed by atoms with Gasteiger partial charge in [-0.15, -0.1) is 10.2 Å². The van der Waals surface area contributed by atoms with E-state index in [4.69, 9.17) is 0 Å². The van der Waals surface area contributed by atoms with Crippen molar-refractivity contribution in [1.82, 2.24) is 20.1 Å². The molecule has 6 heteroatoms. The van der Waals surface area contributed by atoms with Crippen molar-refractivity contribution in [3.05, 3.63) is 35.9 Å². The first kappa shape index (κ1) is 12.9. The second-order valence-corrected chi connectivity index (χ2v) is 5.12. The van der Waals surface area contributed by atoms with Gasteiger partial charge in [0.2, 0.25) is 0 Å². The lowest BCUT2D eigenvalue weighted by atomic mass is 10.1. The van der Waals surface area contributed by atoms with E-state index in [2.05, 4.69) is 31.0 Å². The van der Waals surface area contributed by atoms with Gasteiger partial charge in [-0.05, 0) is 20.0 Å². The van der Waals surface area contributed by atoms with Crippen molar-refractivity contribution in [2.24, 2.45) is 0 Å². The van der Waals surface area contributed by atoms with Gasteiger partial charge in [-0.2, -0.15) is 0 Å². The maximum absolute atomic E-state index is 10.2. The number of benzene rings is 1. The highest BCUT2D eigenvalue weighted by Gasteiger charge is 2.19. The van der Waals surface area contributed by atoms with Gasteiger partial charge in [-0.3, -0.25) is 0 Å². The number of anilines is 1. The van der Waals surface area contributed by atoms with Gasteiger partial charge in [0, 0.05) is 36.4 Å². The summed E-state index contributed by atoms with van der Waals surface area (Å²) < 4.78 is 2.06. The molecule has 0 spiro atoms. The van der Waals surface area contributed by atoms with Crippen LogP contribution in [-0.4, -0.2) is 33.5 Å². The van der Waals surface area contributed by atoms with E-state index in [0.29, 0.717) is 5.75 Å². The fourth-order valence-electron chi connectivity index (χ4n) is 2.54. The largest absolute Gasteiger partial charge is 0.508 e. The third-order valence-corrected chi connectivity index (χ3v) is 3.92. The van der Waals surface area contributed by atoms with Crippen LogP contribution in [0, 0.1) is 0 Å². The summed E-state index contributed by atoms with van der Waals surface area (Å²) in [5.41, 5.74) is 1.93. The molecule has 2 aromatic rings. The minimum atomic E-state index is 0.133. The highest BCUT2D eigenvalue weighted by Crippen LogP contribution is 2.30. The van der Waals surface area contributed by atoms with Gasteiger partial charge in [0.1, 0.15) is 12.1 Å². The Morgan fingerprint density at radius 1 is 1.35 bits per heavy atom. The van der Waals surface area contributed by atoms with Crippen LogP contribution in [0.25, 0.3) is 0 Å². The normalized spacial score (nSPS) is 16.0. The van der Waals surface area contributed by atoms with Crippen molar-refractivity contribution in [2.45, 2.75) is 26.1 Å². The zero-order valence-electron chi connectivity index (χ0n) is 11.7. The maximum Gasteiger partial charge on any atom is 0.152 e. The number of nitrogens with one attached hydrogen (secondary N) is 1. The molecule has 0 saturated heterocycles. The van der Waals surface area contributed by atoms with Crippen molar-refractivity contribution in [1.29, 1.82) is 0 Å². The highest BCUT2D eigenvalue weighted by atomic mass is 16.3. The number of phenolic OH excluding ortho intramolecular Hbond substituents is 1. The van der Waals surface area contributed by atoms with Crippen LogP contribution in [0.2, 0.25) is 0 Å². The molecule has 6 nitrogen and oxygen atoms in total. The lowest BCUT2D eigenvalue weighted by molar-refractivity contribution is 0.457. The van der Waals surface area contributed by atoms with Crippen LogP contribution in [-0.2, 0) is 13.1 Å². The highest BCUT2D eigenvalue weighted by molar-refractivity contribution is 5.54. The number of hydrogen-bond acceptors (Lipinski definition) is 5. The second-order valence-electron chi connectivity index (χ2n) is 5.12. The molecule has 0 saturated carbocycles. The van der Waals surface area contributed by atoms with Crippen LogP contribution >= 0.6 is 0 Å². The zero-order valence-corrected chi connectivity index (χ0v) is 11.7. The minimum absolute atomic E-state index is 0.133. The number of nitrogens with zero attached hydrogens (tertiary/aromatic N) is 4. The van der Waals surface area contributed by atoms with Gasteiger partial charge in [-0.1, -0.05) is 6.07 Å². The maximum atomic E-state index is 10.2. The van der Waals surface area contributed by atoms with E-state index in [9.17, 15) is 5.11 Å². The Labute approximate surface area is 118 Å². The molecule has 106 valence electrons. The average Bonchev–Trinajstić information content (AvgIpc) is 2.93. The predicted molar refractivity (Wildman–Crippen MR) is 76.7 cm³/mol. The Kier molecular flexibility index (Phi) is 3.31. The quantitative estimate of drug-likeness (QED) is 0.882. The average molecular weight is 273 g/mol. The Morgan fingerprint density at radius 2 is 2.20 bits per heavy atom. The molecule has 0 aliphatic carbocycles. The Morgan fingerprint density at radius 3 is 2.95 bits per heavy atom. The molecular formula is C14H19N5O. The summed E-state index contributed by atoms with van der Waals surface area (Å²) in [6.45, 7) is 4.52. The molecule has 1 aliphatic heterocycles. The third kappa shape index (κ3) is 2.22. The summed E-state index contributed by atoms with van der Waals surface area (Å²) in [6, 6.07) is 5.99. The summed E-state index contributed by atoms with van der Waals surface area (Å²) >= 11 is 0. The molecule has 1 aromatic heterocycles. The number of aromatic hydroxyl groups is 1. The molecule has 1 aromatic carbocycles. The van der Waals surface area contributed by atoms with E-state index in [1.807, 2.05) is 26.1 Å². The smallest absolute Gasteiger partial charge is 0.152 e. The van der Waals surface area contributed by atoms with Gasteiger partial charge < -0.3 is 19.9 Å². The minimum Gasteiger partial charge on any atom is -0.508 e. The number of rotatable bonds is 3. The van der Waals surface area contributed by atoms with Crippen molar-refractivity contribution >= 4 is 5.69 Å². The van der Waals surface area contributed by atoms with Gasteiger partial charge in [0.25, 0.3) is 0 Å². The SMILES string of the molecule is CNC(C)c1ccc(N2CCn3cnnc3C2)cc1O. The molecule has 1 unspecified atom stereocenters. The third-order valence-electron chi connectivity index (χ3n) is 3.92. The Hall–Kier alpha value is -2.08. The summed E-state index contributed by atoms with van der Waals surface area (Å²) in [6.07, 6.45) is 1.77. The number of aromatic nitrogens is 3. The van der Waals surface area contributed by atoms with E-state index in [0.717, 1.165) is 36.7 Å². The van der Waals surface area contributed by atoms with Crippen molar-refractivity contribution in [2.75, 3.05) is 18.5 Å². The molecule has 1 atom stereocenters. The summed E-state index contributed by atoms with van der Waals surface area (Å²) in [5, 5.41) is 21.4. The monoisotopic (exact) mass is 273 g/mol. The molecule has 0 fully saturated rings. The molecule has 0 bridgehead atoms. The Balaban J connectivity index is 1.84.